The molecule has 1 heterocycles. The van der Waals surface area contributed by atoms with Crippen molar-refractivity contribution in [3.8, 4) is 5.69 Å². The molecule has 0 saturated carbocycles. The fourth-order valence-electron chi connectivity index (χ4n) is 2.43. The number of amides is 1. The van der Waals surface area contributed by atoms with E-state index in [0.29, 0.717) is 11.3 Å². The summed E-state index contributed by atoms with van der Waals surface area (Å²) < 4.78 is 1.69. The van der Waals surface area contributed by atoms with E-state index >= 15 is 0 Å². The highest BCUT2D eigenvalue weighted by Crippen LogP contribution is 2.17. The quantitative estimate of drug-likeness (QED) is 0.919. The third-order valence-corrected chi connectivity index (χ3v) is 3.68. The zero-order chi connectivity index (χ0) is 17.1. The number of hydrogen-bond donors (Lipinski definition) is 1. The summed E-state index contributed by atoms with van der Waals surface area (Å²) in [5, 5.41) is 13.3. The number of carbonyl (C=O) groups is 2. The number of aromatic nitrogens is 2. The van der Waals surface area contributed by atoms with Crippen molar-refractivity contribution in [1.82, 2.24) is 14.7 Å². The molecule has 0 aliphatic heterocycles. The molecule has 23 heavy (non-hydrogen) atoms. The number of carboxylic acid groups (broad SMARTS) is 1. The molecule has 2 rings (SSSR count). The fraction of sp³-hybridized carbons (Fsp3) is 0.353. The SMILES string of the molecule is Cc1cccc(-n2ncc(C(=O)N(CC(=O)O)C(C)C)c2C)c1. The number of benzene rings is 1. The van der Waals surface area contributed by atoms with Crippen LogP contribution in [0.2, 0.25) is 0 Å². The van der Waals surface area contributed by atoms with Gasteiger partial charge in [-0.2, -0.15) is 5.10 Å². The second-order valence-electron chi connectivity index (χ2n) is 5.82. The lowest BCUT2D eigenvalue weighted by atomic mass is 10.2. The van der Waals surface area contributed by atoms with Gasteiger partial charge in [-0.1, -0.05) is 12.1 Å². The molecule has 0 bridgehead atoms. The van der Waals surface area contributed by atoms with Crippen molar-refractivity contribution in [3.05, 3.63) is 47.3 Å². The highest BCUT2D eigenvalue weighted by atomic mass is 16.4. The fourth-order valence-corrected chi connectivity index (χ4v) is 2.43. The van der Waals surface area contributed by atoms with Gasteiger partial charge in [0, 0.05) is 6.04 Å². The zero-order valence-corrected chi connectivity index (χ0v) is 13.8. The summed E-state index contributed by atoms with van der Waals surface area (Å²) in [6, 6.07) is 7.60. The van der Waals surface area contributed by atoms with Crippen molar-refractivity contribution in [1.29, 1.82) is 0 Å². The first-order valence-electron chi connectivity index (χ1n) is 7.45. The van der Waals surface area contributed by atoms with Crippen LogP contribution in [-0.2, 0) is 4.79 Å². The minimum absolute atomic E-state index is 0.208. The van der Waals surface area contributed by atoms with Gasteiger partial charge >= 0.3 is 5.97 Å². The topological polar surface area (TPSA) is 75.4 Å². The third-order valence-electron chi connectivity index (χ3n) is 3.68. The van der Waals surface area contributed by atoms with Crippen molar-refractivity contribution < 1.29 is 14.7 Å². The van der Waals surface area contributed by atoms with E-state index < -0.39 is 5.97 Å². The van der Waals surface area contributed by atoms with E-state index in [2.05, 4.69) is 5.10 Å². The lowest BCUT2D eigenvalue weighted by Crippen LogP contribution is -2.40. The van der Waals surface area contributed by atoms with Gasteiger partial charge in [0.1, 0.15) is 6.54 Å². The standard InChI is InChI=1S/C17H21N3O3/c1-11(2)19(10-16(21)22)17(23)15-9-18-20(13(15)4)14-7-5-6-12(3)8-14/h5-9,11H,10H2,1-4H3,(H,21,22). The van der Waals surface area contributed by atoms with E-state index in [4.69, 9.17) is 5.11 Å². The van der Waals surface area contributed by atoms with Crippen LogP contribution in [0.4, 0.5) is 0 Å². The predicted molar refractivity (Wildman–Crippen MR) is 86.8 cm³/mol. The Morgan fingerprint density at radius 1 is 1.30 bits per heavy atom. The van der Waals surface area contributed by atoms with Gasteiger partial charge < -0.3 is 10.0 Å². The molecule has 0 saturated heterocycles. The maximum absolute atomic E-state index is 12.7. The van der Waals surface area contributed by atoms with Crippen molar-refractivity contribution in [2.45, 2.75) is 33.7 Å². The van der Waals surface area contributed by atoms with E-state index in [1.807, 2.05) is 38.1 Å². The largest absolute Gasteiger partial charge is 0.480 e. The molecular formula is C17H21N3O3. The van der Waals surface area contributed by atoms with Crippen LogP contribution in [-0.4, -0.2) is 44.3 Å². The molecule has 1 amide bonds. The Hall–Kier alpha value is -2.63. The highest BCUT2D eigenvalue weighted by molar-refractivity contribution is 5.97. The summed E-state index contributed by atoms with van der Waals surface area (Å²) in [5.41, 5.74) is 3.08. The smallest absolute Gasteiger partial charge is 0.323 e. The maximum Gasteiger partial charge on any atom is 0.323 e. The van der Waals surface area contributed by atoms with Gasteiger partial charge in [-0.15, -0.1) is 0 Å². The summed E-state index contributed by atoms with van der Waals surface area (Å²) in [7, 11) is 0. The van der Waals surface area contributed by atoms with Gasteiger partial charge in [-0.3, -0.25) is 9.59 Å². The molecule has 2 aromatic rings. The summed E-state index contributed by atoms with van der Waals surface area (Å²) in [5.74, 6) is -1.35. The average Bonchev–Trinajstić information content (AvgIpc) is 2.85. The monoisotopic (exact) mass is 315 g/mol. The molecule has 1 N–H and O–H groups in total. The summed E-state index contributed by atoms with van der Waals surface area (Å²) >= 11 is 0. The van der Waals surface area contributed by atoms with Crippen LogP contribution in [0.1, 0.15) is 35.5 Å². The first-order valence-corrected chi connectivity index (χ1v) is 7.45. The molecule has 0 aliphatic rings. The highest BCUT2D eigenvalue weighted by Gasteiger charge is 2.25. The van der Waals surface area contributed by atoms with Crippen LogP contribution in [0.15, 0.2) is 30.5 Å². The van der Waals surface area contributed by atoms with E-state index in [-0.39, 0.29) is 18.5 Å². The Kier molecular flexibility index (Phi) is 4.83. The Labute approximate surface area is 135 Å². The number of rotatable bonds is 5. The van der Waals surface area contributed by atoms with E-state index in [1.54, 1.807) is 18.5 Å². The first-order chi connectivity index (χ1) is 10.8. The van der Waals surface area contributed by atoms with Gasteiger partial charge in [0.25, 0.3) is 5.91 Å². The predicted octanol–water partition coefficient (Wildman–Crippen LogP) is 2.42. The summed E-state index contributed by atoms with van der Waals surface area (Å²) in [6.45, 7) is 7.05. The second-order valence-corrected chi connectivity index (χ2v) is 5.82. The summed E-state index contributed by atoms with van der Waals surface area (Å²) in [4.78, 5) is 25.0. The number of aryl methyl sites for hydroxylation is 1. The van der Waals surface area contributed by atoms with Crippen LogP contribution in [0.25, 0.3) is 5.69 Å². The van der Waals surface area contributed by atoms with Crippen molar-refractivity contribution >= 4 is 11.9 Å². The Morgan fingerprint density at radius 3 is 2.57 bits per heavy atom. The molecule has 0 fully saturated rings. The van der Waals surface area contributed by atoms with Crippen LogP contribution in [0, 0.1) is 13.8 Å². The van der Waals surface area contributed by atoms with E-state index in [0.717, 1.165) is 11.3 Å². The van der Waals surface area contributed by atoms with E-state index in [1.165, 1.54) is 11.1 Å². The molecule has 6 nitrogen and oxygen atoms in total. The van der Waals surface area contributed by atoms with Gasteiger partial charge in [-0.05, 0) is 45.4 Å². The normalized spacial score (nSPS) is 10.8. The van der Waals surface area contributed by atoms with Crippen molar-refractivity contribution in [2.24, 2.45) is 0 Å². The molecule has 122 valence electrons. The van der Waals surface area contributed by atoms with Crippen LogP contribution >= 0.6 is 0 Å². The lowest BCUT2D eigenvalue weighted by Gasteiger charge is -2.24. The molecule has 1 aromatic carbocycles. The molecular weight excluding hydrogens is 294 g/mol. The number of carbonyl (C=O) groups excluding carboxylic acids is 1. The minimum atomic E-state index is -1.03. The Morgan fingerprint density at radius 2 is 2.00 bits per heavy atom. The zero-order valence-electron chi connectivity index (χ0n) is 13.8. The van der Waals surface area contributed by atoms with Crippen LogP contribution in [0.5, 0.6) is 0 Å². The van der Waals surface area contributed by atoms with Crippen LogP contribution in [0.3, 0.4) is 0 Å². The number of carboxylic acids is 1. The van der Waals surface area contributed by atoms with Gasteiger partial charge in [-0.25, -0.2) is 4.68 Å². The molecule has 0 spiro atoms. The molecule has 1 aromatic heterocycles. The molecule has 0 radical (unpaired) electrons. The molecule has 0 atom stereocenters. The third kappa shape index (κ3) is 3.59. The van der Waals surface area contributed by atoms with Crippen molar-refractivity contribution in [3.63, 3.8) is 0 Å². The molecule has 0 aliphatic carbocycles. The number of hydrogen-bond acceptors (Lipinski definition) is 3. The van der Waals surface area contributed by atoms with Crippen molar-refractivity contribution in [2.75, 3.05) is 6.54 Å². The van der Waals surface area contributed by atoms with Crippen LogP contribution < -0.4 is 0 Å². The van der Waals surface area contributed by atoms with Gasteiger partial charge in [0.2, 0.25) is 0 Å². The average molecular weight is 315 g/mol. The molecule has 0 unspecified atom stereocenters. The molecule has 6 heteroatoms. The second kappa shape index (κ2) is 6.64. The minimum Gasteiger partial charge on any atom is -0.480 e. The maximum atomic E-state index is 12.7. The number of nitrogens with zero attached hydrogens (tertiary/aromatic N) is 3. The van der Waals surface area contributed by atoms with Gasteiger partial charge in [0.05, 0.1) is 23.1 Å². The lowest BCUT2D eigenvalue weighted by molar-refractivity contribution is -0.138. The first kappa shape index (κ1) is 16.7. The Balaban J connectivity index is 2.38. The van der Waals surface area contributed by atoms with E-state index in [9.17, 15) is 9.59 Å². The Bertz CT molecular complexity index is 734. The summed E-state index contributed by atoms with van der Waals surface area (Å²) in [6.07, 6.45) is 1.50. The van der Waals surface area contributed by atoms with Gasteiger partial charge in [0.15, 0.2) is 0 Å². The number of aliphatic carboxylic acids is 1.